The van der Waals surface area contributed by atoms with Crippen molar-refractivity contribution in [2.75, 3.05) is 24.1 Å². The molecule has 1 N–H and O–H groups in total. The Balaban J connectivity index is 0.000000201. The number of unbranched alkanes of at least 4 members (excludes halogenated alkanes) is 3. The van der Waals surface area contributed by atoms with Crippen LogP contribution in [0.1, 0.15) is 191 Å². The van der Waals surface area contributed by atoms with Gasteiger partial charge in [0.15, 0.2) is 28.4 Å². The molecule has 0 bridgehead atoms. The Morgan fingerprint density at radius 2 is 0.767 bits per heavy atom. The fraction of sp³-hybridized carbons (Fsp3) is 0.330. The first-order chi connectivity index (χ1) is 63.3. The number of ether oxygens (including phenoxy) is 2. The molecular formula is C97H116BrI5N17O7S4SnV. The standard InChI is InChI=1S/C26H25N5OS.C19H18N4O2S.C18H16N4O2S.C14H13BrN4O2.C5H6S.3C4H9.2CH3I.CH4.3HI.Sn.V.H/c1-16-5-7-20(13-27-16)8-9-24(32)21-11-22(31-17(2)12-28-19(31)4)26-29-14-23(30(26)15-21)25-10-6-18(3)33-25;1-11-8-20-13(3)23(11)15-7-14(19(24)25-4)10-22-16(9-21-18(15)22)17-6-5-12(2)26-17;1-10-7-19-12(3)22(10)14-6-13(18(23)24)9-21-15(8-20-17(14)21)16-5-4-11(2)25-16;1-8-5-16-9(2)19(8)11-4-10(14(20)21-3)7-18-12(15)6-17-13(11)18;1-5-3-2-4-6-5;3*1-3-4-2;2*1-2;;;;;;;/h5-7,10-15H,8-9H2,1-4H3;5-10H,1-4H3;4-9H,1-3H3,(H,23,24);4-7H,1-3H3;2-4H,1H3;3*1,3-4H2,2H3;2*1H3;1H4;3*1H;;;/q;;;;;;;;;;;;;;;+3;/p-3. The number of imidazole rings is 8. The molecular weight excluding hydrogens is 2530 g/mol. The number of alkyl halides is 2. The number of esters is 2. The summed E-state index contributed by atoms with van der Waals surface area (Å²) in [6.07, 6.45) is 33.2. The quantitative estimate of drug-likeness (QED) is 0.0205. The van der Waals surface area contributed by atoms with Gasteiger partial charge in [-0.25, -0.2) is 54.3 Å². The minimum atomic E-state index is -0.972. The van der Waals surface area contributed by atoms with E-state index in [1.54, 1.807) is 125 Å². The second-order valence-electron chi connectivity index (χ2n) is 30.8. The maximum atomic E-state index is 13.3. The Hall–Kier alpha value is -6.86. The molecule has 17 aromatic heterocycles. The van der Waals surface area contributed by atoms with Crippen LogP contribution in [0.4, 0.5) is 0 Å². The number of hydrogen-bond donors (Lipinski definition) is 1. The minimum absolute atomic E-state index is 0. The molecule has 0 fully saturated rings. The summed E-state index contributed by atoms with van der Waals surface area (Å²) in [6, 6.07) is 27.8. The predicted octanol–water partition coefficient (Wildman–Crippen LogP) is 28.3. The number of halogens is 6. The van der Waals surface area contributed by atoms with Crippen molar-refractivity contribution in [1.29, 1.82) is 0 Å². The van der Waals surface area contributed by atoms with E-state index in [-0.39, 0.29) is 29.7 Å². The molecule has 706 valence electrons. The molecule has 0 unspecified atom stereocenters. The average molecular weight is 2640 g/mol. The van der Waals surface area contributed by atoms with Crippen LogP contribution in [0.3, 0.4) is 0 Å². The van der Waals surface area contributed by atoms with Gasteiger partial charge in [-0.1, -0.05) is 64.7 Å². The van der Waals surface area contributed by atoms with Crippen LogP contribution in [0, 0.1) is 90.0 Å². The molecule has 0 atom stereocenters. The number of aromatic nitrogens is 17. The number of pyridine rings is 5. The van der Waals surface area contributed by atoms with Gasteiger partial charge in [-0.15, -0.1) is 45.3 Å². The van der Waals surface area contributed by atoms with Crippen molar-refractivity contribution in [2.45, 2.75) is 183 Å². The second-order valence-corrected chi connectivity index (χ2v) is 81.9. The molecule has 0 aliphatic rings. The Bertz CT molecular complexity index is 6580. The van der Waals surface area contributed by atoms with Crippen LogP contribution in [-0.2, 0) is 20.8 Å². The van der Waals surface area contributed by atoms with Crippen molar-refractivity contribution < 1.29 is 38.7 Å². The molecule has 0 spiro atoms. The third-order valence-corrected chi connectivity index (χ3v) is 36.2. The number of thiophene rings is 4. The molecule has 0 aliphatic heterocycles. The van der Waals surface area contributed by atoms with E-state index < -0.39 is 31.7 Å². The van der Waals surface area contributed by atoms with E-state index in [1.165, 1.54) is 72.3 Å². The molecule has 0 radical (unpaired) electrons. The van der Waals surface area contributed by atoms with Crippen LogP contribution in [-0.4, -0.2) is 153 Å². The zero-order chi connectivity index (χ0) is 96.3. The van der Waals surface area contributed by atoms with Gasteiger partial charge in [-0.3, -0.25) is 45.6 Å². The molecule has 36 heteroatoms. The number of nitrogens with zero attached hydrogens (tertiary/aromatic N) is 17. The number of hydrogen-bond acceptors (Lipinski definition) is 19. The van der Waals surface area contributed by atoms with E-state index in [9.17, 15) is 24.3 Å². The number of fused-ring (bicyclic) bond motifs is 4. The summed E-state index contributed by atoms with van der Waals surface area (Å²) in [5.41, 5.74) is 16.7. The molecule has 17 rings (SSSR count). The monoisotopic (exact) mass is 2640 g/mol. The maximum absolute atomic E-state index is 13.3. The van der Waals surface area contributed by atoms with E-state index >= 15 is 0 Å². The van der Waals surface area contributed by atoms with Crippen molar-refractivity contribution in [1.82, 2.24) is 80.7 Å². The van der Waals surface area contributed by atoms with E-state index in [0.717, 1.165) is 128 Å². The Kier molecular flexibility index (Phi) is 45.7. The van der Waals surface area contributed by atoms with Gasteiger partial charge in [0.05, 0.1) is 110 Å². The Morgan fingerprint density at radius 1 is 0.429 bits per heavy atom. The number of carboxylic acid groups (broad SMARTS) is 1. The summed E-state index contributed by atoms with van der Waals surface area (Å²) in [7, 11) is 2.75. The van der Waals surface area contributed by atoms with Crippen molar-refractivity contribution in [3.05, 3.63) is 275 Å². The van der Waals surface area contributed by atoms with Gasteiger partial charge >= 0.3 is 175 Å². The normalized spacial score (nSPS) is 10.7. The number of carboxylic acids is 1. The number of aromatic carboxylic acids is 1. The van der Waals surface area contributed by atoms with E-state index in [2.05, 4.69) is 249 Å². The molecule has 0 aromatic carbocycles. The summed E-state index contributed by atoms with van der Waals surface area (Å²) in [4.78, 5) is 101. The van der Waals surface area contributed by atoms with Crippen LogP contribution in [0.2, 0.25) is 13.3 Å². The van der Waals surface area contributed by atoms with Gasteiger partial charge in [0.2, 0.25) is 0 Å². The summed E-state index contributed by atoms with van der Waals surface area (Å²) < 4.78 is 31.2. The van der Waals surface area contributed by atoms with Crippen molar-refractivity contribution in [3.8, 4) is 54.5 Å². The van der Waals surface area contributed by atoms with E-state index in [4.69, 9.17) is 14.5 Å². The zero-order valence-corrected chi connectivity index (χ0v) is 98.2. The molecule has 133 heavy (non-hydrogen) atoms. The number of carbonyl (C=O) groups is 4. The van der Waals surface area contributed by atoms with Crippen LogP contribution < -0.4 is 0 Å². The number of rotatable bonds is 23. The molecule has 0 aliphatic carbocycles. The summed E-state index contributed by atoms with van der Waals surface area (Å²) >= 11 is 21.0. The fourth-order valence-corrected chi connectivity index (χ4v) is 29.3. The first-order valence-corrected chi connectivity index (χ1v) is 71.6. The number of methoxy groups -OCH3 is 2. The van der Waals surface area contributed by atoms with E-state index in [0.29, 0.717) is 40.9 Å². The number of carbonyl (C=O) groups excluding carboxylic acids is 3. The van der Waals surface area contributed by atoms with Crippen LogP contribution >= 0.6 is 166 Å². The van der Waals surface area contributed by atoms with Crippen LogP contribution in [0.5, 0.6) is 0 Å². The van der Waals surface area contributed by atoms with Gasteiger partial charge in [0.1, 0.15) is 27.9 Å². The summed E-state index contributed by atoms with van der Waals surface area (Å²) in [6.45, 7) is 32.9. The van der Waals surface area contributed by atoms with E-state index in [1.807, 2.05) is 174 Å². The summed E-state index contributed by atoms with van der Waals surface area (Å²) in [5, 5.41) is 11.6. The number of ketones is 1. The second kappa shape index (κ2) is 54.5. The Morgan fingerprint density at radius 3 is 1.06 bits per heavy atom. The molecule has 0 saturated heterocycles. The molecule has 17 aromatic rings. The number of aryl methyl sites for hydroxylation is 14. The number of Topliss-reactive ketones (excluding diaryl/α,β-unsaturated/α-hetero) is 1. The molecule has 17 heterocycles. The van der Waals surface area contributed by atoms with Crippen LogP contribution in [0.25, 0.3) is 77.1 Å². The van der Waals surface area contributed by atoms with Gasteiger partial charge in [0, 0.05) is 116 Å². The van der Waals surface area contributed by atoms with Crippen molar-refractivity contribution in [3.63, 3.8) is 0 Å². The van der Waals surface area contributed by atoms with Crippen molar-refractivity contribution >= 4 is 232 Å². The SMILES string of the molecule is C.CCC[CH2][SnH]([CH2]CCC)[CH2]CCC.CI.CI.COC(=O)c1cc(-n2c(C)cnc2C)c2ncc(-c3ccc(C)s3)n2c1.COC(=O)c1cc(-n2c(C)cnc2C)c2ncc(Br)n2c1.Cc1ccc(-c2cnc3c(-n4c(C)cnc4C)cc(C(=O)O)cn23)s1.Cc1ccc(CCC(=O)c2cc(-n3c(C)cnc3C)c3ncc(-c4ccc(C)s4)n3c2)cn1.Cc1cccs1.[I][V]([I])[I]. The van der Waals surface area contributed by atoms with Gasteiger partial charge in [0.25, 0.3) is 0 Å². The first-order valence-electron chi connectivity index (χ1n) is 42.7. The van der Waals surface area contributed by atoms with Crippen molar-refractivity contribution in [2.24, 2.45) is 0 Å². The predicted molar refractivity (Wildman–Crippen MR) is 594 cm³/mol. The molecule has 0 saturated carbocycles. The zero-order valence-electron chi connectivity index (χ0n) is 77.9. The fourth-order valence-electron chi connectivity index (χ4n) is 14.9. The molecule has 0 amide bonds. The third kappa shape index (κ3) is 29.4. The molecule has 24 nitrogen and oxygen atoms in total. The topological polar surface area (TPSA) is 260 Å². The summed E-state index contributed by atoms with van der Waals surface area (Å²) in [5.74, 6) is 1.66. The average Bonchev–Trinajstić information content (AvgIpc) is 1.62. The van der Waals surface area contributed by atoms with Gasteiger partial charge < -0.3 is 14.6 Å². The van der Waals surface area contributed by atoms with Gasteiger partial charge in [-0.05, 0) is 206 Å². The van der Waals surface area contributed by atoms with Crippen LogP contribution in [0.15, 0.2) is 175 Å². The Labute approximate surface area is 876 Å². The third-order valence-electron chi connectivity index (χ3n) is 21.3. The first kappa shape index (κ1) is 111. The van der Waals surface area contributed by atoms with Gasteiger partial charge in [-0.2, -0.15) is 0 Å².